The second-order valence-corrected chi connectivity index (χ2v) is 3.33. The molecule has 0 aliphatic heterocycles. The van der Waals surface area contributed by atoms with Gasteiger partial charge in [-0.25, -0.2) is 0 Å². The molecule has 0 aliphatic carbocycles. The Bertz CT molecular complexity index is 261. The molecule has 0 aliphatic rings. The monoisotopic (exact) mass is 176 g/mol. The Kier molecular flexibility index (Phi) is 3.71. The normalized spacial score (nSPS) is 12.5. The van der Waals surface area contributed by atoms with Crippen molar-refractivity contribution in [2.45, 2.75) is 25.9 Å². The number of aryl methyl sites for hydroxylation is 2. The van der Waals surface area contributed by atoms with Crippen molar-refractivity contribution < 1.29 is 5.11 Å². The number of rotatable bonds is 4. The number of hydrogen-bond acceptors (Lipinski definition) is 1. The van der Waals surface area contributed by atoms with Crippen LogP contribution in [0.3, 0.4) is 0 Å². The maximum atomic E-state index is 9.26. The van der Waals surface area contributed by atoms with E-state index in [9.17, 15) is 5.11 Å². The van der Waals surface area contributed by atoms with E-state index in [-0.39, 0.29) is 6.10 Å². The average molecular weight is 176 g/mol. The fraction of sp³-hybridized carbons (Fsp3) is 0.333. The molecule has 1 aromatic carbocycles. The van der Waals surface area contributed by atoms with Gasteiger partial charge in [-0.15, -0.1) is 6.58 Å². The van der Waals surface area contributed by atoms with E-state index in [0.29, 0.717) is 0 Å². The van der Waals surface area contributed by atoms with Crippen LogP contribution in [0.25, 0.3) is 0 Å². The molecule has 1 rings (SSSR count). The minimum atomic E-state index is -0.374. The third-order valence-corrected chi connectivity index (χ3v) is 2.12. The first-order valence-corrected chi connectivity index (χ1v) is 4.58. The van der Waals surface area contributed by atoms with E-state index in [4.69, 9.17) is 0 Å². The summed E-state index contributed by atoms with van der Waals surface area (Å²) in [6, 6.07) is 8.39. The van der Waals surface area contributed by atoms with Crippen molar-refractivity contribution in [1.82, 2.24) is 0 Å². The maximum Gasteiger partial charge on any atom is 0.0721 e. The van der Waals surface area contributed by atoms with Crippen LogP contribution in [-0.4, -0.2) is 11.2 Å². The molecule has 13 heavy (non-hydrogen) atoms. The lowest BCUT2D eigenvalue weighted by atomic mass is 10.1. The Morgan fingerprint density at radius 3 is 2.54 bits per heavy atom. The van der Waals surface area contributed by atoms with Gasteiger partial charge in [0.15, 0.2) is 0 Å². The third-order valence-electron chi connectivity index (χ3n) is 2.12. The van der Waals surface area contributed by atoms with Crippen LogP contribution in [0.4, 0.5) is 0 Å². The van der Waals surface area contributed by atoms with Crippen molar-refractivity contribution in [3.05, 3.63) is 48.0 Å². The van der Waals surface area contributed by atoms with Crippen molar-refractivity contribution in [3.63, 3.8) is 0 Å². The van der Waals surface area contributed by atoms with Gasteiger partial charge in [0, 0.05) is 0 Å². The summed E-state index contributed by atoms with van der Waals surface area (Å²) in [6.45, 7) is 5.61. The molecular formula is C12H16O. The second-order valence-electron chi connectivity index (χ2n) is 3.33. The second kappa shape index (κ2) is 4.83. The van der Waals surface area contributed by atoms with Gasteiger partial charge >= 0.3 is 0 Å². The SMILES string of the molecule is C=CC(O)CCc1ccc(C)cc1. The van der Waals surface area contributed by atoms with Gasteiger partial charge in [0.2, 0.25) is 0 Å². The van der Waals surface area contributed by atoms with Crippen molar-refractivity contribution in [2.75, 3.05) is 0 Å². The molecule has 0 bridgehead atoms. The molecule has 0 amide bonds. The summed E-state index contributed by atoms with van der Waals surface area (Å²) in [7, 11) is 0. The highest BCUT2D eigenvalue weighted by atomic mass is 16.3. The number of aliphatic hydroxyl groups is 1. The van der Waals surface area contributed by atoms with E-state index >= 15 is 0 Å². The smallest absolute Gasteiger partial charge is 0.0721 e. The summed E-state index contributed by atoms with van der Waals surface area (Å²) >= 11 is 0. The van der Waals surface area contributed by atoms with E-state index < -0.39 is 0 Å². The van der Waals surface area contributed by atoms with Crippen LogP contribution < -0.4 is 0 Å². The van der Waals surface area contributed by atoms with Crippen molar-refractivity contribution in [2.24, 2.45) is 0 Å². The van der Waals surface area contributed by atoms with Crippen LogP contribution in [0, 0.1) is 6.92 Å². The summed E-state index contributed by atoms with van der Waals surface area (Å²) in [6.07, 6.45) is 2.87. The summed E-state index contributed by atoms with van der Waals surface area (Å²) < 4.78 is 0. The fourth-order valence-corrected chi connectivity index (χ4v) is 1.19. The Hall–Kier alpha value is -1.08. The van der Waals surface area contributed by atoms with E-state index in [1.165, 1.54) is 11.1 Å². The van der Waals surface area contributed by atoms with Crippen LogP contribution >= 0.6 is 0 Å². The Morgan fingerprint density at radius 1 is 1.38 bits per heavy atom. The predicted octanol–water partition coefficient (Wildman–Crippen LogP) is 2.47. The number of benzene rings is 1. The third kappa shape index (κ3) is 3.43. The lowest BCUT2D eigenvalue weighted by Crippen LogP contribution is -2.02. The molecular weight excluding hydrogens is 160 g/mol. The van der Waals surface area contributed by atoms with Crippen molar-refractivity contribution in [1.29, 1.82) is 0 Å². The zero-order chi connectivity index (χ0) is 9.68. The molecule has 0 spiro atoms. The van der Waals surface area contributed by atoms with Gasteiger partial charge in [-0.2, -0.15) is 0 Å². The Morgan fingerprint density at radius 2 is 2.00 bits per heavy atom. The van der Waals surface area contributed by atoms with Gasteiger partial charge in [0.1, 0.15) is 0 Å². The van der Waals surface area contributed by atoms with E-state index in [1.807, 2.05) is 0 Å². The maximum absolute atomic E-state index is 9.26. The first-order valence-electron chi connectivity index (χ1n) is 4.58. The molecule has 0 radical (unpaired) electrons. The van der Waals surface area contributed by atoms with Gasteiger partial charge in [-0.05, 0) is 25.3 Å². The highest BCUT2D eigenvalue weighted by Gasteiger charge is 1.98. The summed E-state index contributed by atoms with van der Waals surface area (Å²) in [5, 5.41) is 9.26. The largest absolute Gasteiger partial charge is 0.389 e. The standard InChI is InChI=1S/C12H16O/c1-3-12(13)9-8-11-6-4-10(2)5-7-11/h3-7,12-13H,1,8-9H2,2H3. The lowest BCUT2D eigenvalue weighted by Gasteiger charge is -2.04. The quantitative estimate of drug-likeness (QED) is 0.699. The van der Waals surface area contributed by atoms with Crippen LogP contribution in [0.5, 0.6) is 0 Å². The number of hydrogen-bond donors (Lipinski definition) is 1. The first kappa shape index (κ1) is 10.0. The highest BCUT2D eigenvalue weighted by Crippen LogP contribution is 2.07. The fourth-order valence-electron chi connectivity index (χ4n) is 1.19. The molecule has 0 saturated heterocycles. The molecule has 0 saturated carbocycles. The highest BCUT2D eigenvalue weighted by molar-refractivity contribution is 5.21. The van der Waals surface area contributed by atoms with Crippen LogP contribution in [0.1, 0.15) is 17.5 Å². The average Bonchev–Trinajstić information content (AvgIpc) is 2.16. The van der Waals surface area contributed by atoms with Crippen LogP contribution in [-0.2, 0) is 6.42 Å². The van der Waals surface area contributed by atoms with E-state index in [0.717, 1.165) is 12.8 Å². The summed E-state index contributed by atoms with van der Waals surface area (Å²) in [5.74, 6) is 0. The zero-order valence-electron chi connectivity index (χ0n) is 8.03. The van der Waals surface area contributed by atoms with Crippen molar-refractivity contribution >= 4 is 0 Å². The van der Waals surface area contributed by atoms with Gasteiger partial charge in [0.05, 0.1) is 6.10 Å². The molecule has 1 atom stereocenters. The Labute approximate surface area is 79.7 Å². The van der Waals surface area contributed by atoms with E-state index in [1.54, 1.807) is 6.08 Å². The zero-order valence-corrected chi connectivity index (χ0v) is 8.03. The Balaban J connectivity index is 2.45. The van der Waals surface area contributed by atoms with E-state index in [2.05, 4.69) is 37.8 Å². The molecule has 1 unspecified atom stereocenters. The lowest BCUT2D eigenvalue weighted by molar-refractivity contribution is 0.213. The minimum Gasteiger partial charge on any atom is -0.389 e. The van der Waals surface area contributed by atoms with Crippen molar-refractivity contribution in [3.8, 4) is 0 Å². The first-order chi connectivity index (χ1) is 6.22. The molecule has 0 aromatic heterocycles. The summed E-state index contributed by atoms with van der Waals surface area (Å²) in [5.41, 5.74) is 2.54. The van der Waals surface area contributed by atoms with Gasteiger partial charge in [0.25, 0.3) is 0 Å². The van der Waals surface area contributed by atoms with Crippen LogP contribution in [0.2, 0.25) is 0 Å². The molecule has 1 N–H and O–H groups in total. The van der Waals surface area contributed by atoms with Crippen LogP contribution in [0.15, 0.2) is 36.9 Å². The van der Waals surface area contributed by atoms with Gasteiger partial charge < -0.3 is 5.11 Å². The summed E-state index contributed by atoms with van der Waals surface area (Å²) in [4.78, 5) is 0. The molecule has 1 aromatic rings. The molecule has 70 valence electrons. The molecule has 0 heterocycles. The topological polar surface area (TPSA) is 20.2 Å². The predicted molar refractivity (Wildman–Crippen MR) is 55.7 cm³/mol. The van der Waals surface area contributed by atoms with Gasteiger partial charge in [-0.1, -0.05) is 35.9 Å². The minimum absolute atomic E-state index is 0.374. The molecule has 1 nitrogen and oxygen atoms in total. The van der Waals surface area contributed by atoms with Gasteiger partial charge in [-0.3, -0.25) is 0 Å². The number of aliphatic hydroxyl groups excluding tert-OH is 1. The molecule has 0 fully saturated rings. The molecule has 1 heteroatoms.